The third-order valence-corrected chi connectivity index (χ3v) is 12.1. The number of nitrogens with one attached hydrogen (secondary N) is 1. The van der Waals surface area contributed by atoms with Gasteiger partial charge in [-0.3, -0.25) is 39.6 Å². The average Bonchev–Trinajstić information content (AvgIpc) is 3.53. The number of hydrogen-bond donors (Lipinski definition) is 6. The quantitative estimate of drug-likeness (QED) is 0.0393. The standard InChI is InChI=1S/C45H53N5O16/c1-20-12-11-13-21(2)44(58)47-35-28(19-46-48(9)29-15-14-27(49(59)60)18-30(29)50(61)62)39(55)32-33(40(35)56)38(54)25(6)42-34(32)43(57)45(8,66-42)64-17-16-31(63-10)22(3)41(65-26(7)51)24(5)37(53)23(4)36(20)52/h11-20,22-24,31,36-37,41,52-56H,1-10H3,(H,47,58)/t20-,22-,23-,24-,31+,36-,37-,41-,45-/m0/s1. The second kappa shape index (κ2) is 19.6. The Morgan fingerprint density at radius 3 is 2.23 bits per heavy atom. The number of nitro groups is 2. The maximum Gasteiger partial charge on any atom is 0.312 e. The SMILES string of the molecule is CO[C@@H]1C=CO[C@@]2(C)Oc3c(C)c(O)c4c(O)c(c(C=NN(C)c5ccc([N+](=O)[O-])cc5[N+](=O)[O-])c(O)c4c3C2=O)NC(=O)C(C)=CC=C[C@H](C)[C@H](O)[C@H](C)[C@H](O)[C@H](C)[C@@H](OC(C)=O)[C@H]1C. The highest BCUT2D eigenvalue weighted by Gasteiger charge is 2.50. The monoisotopic (exact) mass is 919 g/mol. The van der Waals surface area contributed by atoms with E-state index in [9.17, 15) is 60.1 Å². The van der Waals surface area contributed by atoms with Crippen molar-refractivity contribution in [2.24, 2.45) is 28.8 Å². The van der Waals surface area contributed by atoms with Crippen molar-refractivity contribution >= 4 is 57.4 Å². The number of hydrogen-bond acceptors (Lipinski definition) is 18. The highest BCUT2D eigenvalue weighted by atomic mass is 16.7. The average molecular weight is 920 g/mol. The zero-order valence-corrected chi connectivity index (χ0v) is 37.8. The van der Waals surface area contributed by atoms with Gasteiger partial charge in [-0.05, 0) is 26.0 Å². The third kappa shape index (κ3) is 9.49. The smallest absolute Gasteiger partial charge is 0.312 e. The van der Waals surface area contributed by atoms with Gasteiger partial charge in [0.1, 0.15) is 29.0 Å². The number of hydrazone groups is 1. The number of benzene rings is 3. The van der Waals surface area contributed by atoms with Gasteiger partial charge in [0.2, 0.25) is 0 Å². The molecule has 0 saturated carbocycles. The summed E-state index contributed by atoms with van der Waals surface area (Å²) in [5.74, 6) is -9.93. The van der Waals surface area contributed by atoms with Crippen molar-refractivity contribution in [1.29, 1.82) is 0 Å². The number of Topliss-reactive ketones (excluding diaryl/α,β-unsaturated/α-hetero) is 1. The van der Waals surface area contributed by atoms with Gasteiger partial charge < -0.3 is 49.8 Å². The van der Waals surface area contributed by atoms with Crippen molar-refractivity contribution in [1.82, 2.24) is 0 Å². The number of phenols is 3. The number of amides is 1. The van der Waals surface area contributed by atoms with Crippen LogP contribution in [0, 0.1) is 50.8 Å². The minimum Gasteiger partial charge on any atom is -0.507 e. The second-order valence-corrected chi connectivity index (χ2v) is 16.6. The van der Waals surface area contributed by atoms with Crippen LogP contribution in [0.2, 0.25) is 0 Å². The topological polar surface area (TPSA) is 303 Å². The lowest BCUT2D eigenvalue weighted by molar-refractivity contribution is -0.393. The van der Waals surface area contributed by atoms with E-state index in [0.717, 1.165) is 35.7 Å². The van der Waals surface area contributed by atoms with Crippen molar-refractivity contribution in [2.45, 2.75) is 85.6 Å². The predicted molar refractivity (Wildman–Crippen MR) is 240 cm³/mol. The van der Waals surface area contributed by atoms with Crippen LogP contribution in [0.4, 0.5) is 22.7 Å². The molecule has 5 bridgehead atoms. The van der Waals surface area contributed by atoms with E-state index in [2.05, 4.69) is 10.4 Å². The van der Waals surface area contributed by atoms with Gasteiger partial charge in [0, 0.05) is 74.3 Å². The Labute approximate surface area is 378 Å². The molecule has 9 atom stereocenters. The number of aromatic hydroxyl groups is 3. The highest BCUT2D eigenvalue weighted by molar-refractivity contribution is 6.24. The van der Waals surface area contributed by atoms with Crippen molar-refractivity contribution in [3.05, 3.63) is 91.3 Å². The number of esters is 1. The number of aliphatic hydroxyl groups excluding tert-OH is 2. The fourth-order valence-corrected chi connectivity index (χ4v) is 8.12. The molecule has 1 amide bonds. The maximum atomic E-state index is 14.5. The first-order valence-electron chi connectivity index (χ1n) is 20.7. The molecule has 6 rings (SSSR count). The molecule has 0 radical (unpaired) electrons. The van der Waals surface area contributed by atoms with Crippen molar-refractivity contribution < 1.29 is 68.7 Å². The van der Waals surface area contributed by atoms with E-state index in [0.29, 0.717) is 0 Å². The molecule has 354 valence electrons. The zero-order chi connectivity index (χ0) is 49.3. The van der Waals surface area contributed by atoms with E-state index in [1.165, 1.54) is 60.1 Å². The number of carbonyl (C=O) groups is 3. The number of fused-ring (bicyclic) bond motifs is 14. The summed E-state index contributed by atoms with van der Waals surface area (Å²) in [6.45, 7) is 12.0. The Kier molecular flexibility index (Phi) is 14.8. The summed E-state index contributed by atoms with van der Waals surface area (Å²) in [5, 5.41) is 88.7. The van der Waals surface area contributed by atoms with Crippen LogP contribution in [0.3, 0.4) is 0 Å². The van der Waals surface area contributed by atoms with E-state index in [4.69, 9.17) is 18.9 Å². The number of ether oxygens (including phenoxy) is 4. The molecule has 3 heterocycles. The second-order valence-electron chi connectivity index (χ2n) is 16.6. The Balaban J connectivity index is 1.75. The number of ketones is 1. The van der Waals surface area contributed by atoms with Gasteiger partial charge in [-0.1, -0.05) is 45.9 Å². The molecule has 0 unspecified atom stereocenters. The molecule has 0 aromatic heterocycles. The third-order valence-electron chi connectivity index (χ3n) is 12.1. The Morgan fingerprint density at radius 1 is 0.955 bits per heavy atom. The Morgan fingerprint density at radius 2 is 1.62 bits per heavy atom. The van der Waals surface area contributed by atoms with E-state index in [1.54, 1.807) is 33.8 Å². The molecule has 3 aliphatic heterocycles. The molecule has 0 spiro atoms. The molecule has 0 fully saturated rings. The molecule has 21 nitrogen and oxygen atoms in total. The highest BCUT2D eigenvalue weighted by Crippen LogP contribution is 2.55. The van der Waals surface area contributed by atoms with Crippen LogP contribution in [-0.2, 0) is 23.8 Å². The first kappa shape index (κ1) is 49.9. The fourth-order valence-electron chi connectivity index (χ4n) is 8.12. The predicted octanol–water partition coefficient (Wildman–Crippen LogP) is 6.04. The lowest BCUT2D eigenvalue weighted by Gasteiger charge is -2.38. The summed E-state index contributed by atoms with van der Waals surface area (Å²) in [6.07, 6.45) is 3.71. The van der Waals surface area contributed by atoms with Crippen molar-refractivity contribution in [3.63, 3.8) is 0 Å². The van der Waals surface area contributed by atoms with Crippen LogP contribution in [0.25, 0.3) is 10.8 Å². The summed E-state index contributed by atoms with van der Waals surface area (Å²) >= 11 is 0. The van der Waals surface area contributed by atoms with Crippen LogP contribution in [0.15, 0.2) is 59.4 Å². The van der Waals surface area contributed by atoms with Gasteiger partial charge in [0.05, 0.1) is 68.9 Å². The van der Waals surface area contributed by atoms with Crippen LogP contribution < -0.4 is 15.1 Å². The van der Waals surface area contributed by atoms with Gasteiger partial charge >= 0.3 is 17.4 Å². The molecule has 0 saturated heterocycles. The van der Waals surface area contributed by atoms with E-state index >= 15 is 0 Å². The molecule has 6 N–H and O–H groups in total. The number of anilines is 2. The molecule has 3 aromatic rings. The van der Waals surface area contributed by atoms with Gasteiger partial charge in [-0.2, -0.15) is 5.10 Å². The molecule has 66 heavy (non-hydrogen) atoms. The van der Waals surface area contributed by atoms with E-state index in [-0.39, 0.29) is 28.1 Å². The first-order valence-corrected chi connectivity index (χ1v) is 20.7. The minimum absolute atomic E-state index is 0.0226. The van der Waals surface area contributed by atoms with E-state index < -0.39 is 132 Å². The largest absolute Gasteiger partial charge is 0.507 e. The van der Waals surface area contributed by atoms with E-state index in [1.807, 2.05) is 0 Å². The van der Waals surface area contributed by atoms with Crippen molar-refractivity contribution in [2.75, 3.05) is 24.5 Å². The fraction of sp³-hybridized carbons (Fsp3) is 0.422. The number of nitrogens with zero attached hydrogens (tertiary/aromatic N) is 4. The molecular weight excluding hydrogens is 867 g/mol. The van der Waals surface area contributed by atoms with Crippen LogP contribution in [0.1, 0.15) is 70.0 Å². The van der Waals surface area contributed by atoms with Gasteiger partial charge in [0.25, 0.3) is 17.4 Å². The van der Waals surface area contributed by atoms with Crippen LogP contribution in [-0.4, -0.2) is 104 Å². The number of carbonyl (C=O) groups excluding carboxylic acids is 3. The Hall–Kier alpha value is -7.10. The minimum atomic E-state index is -2.19. The molecule has 3 aromatic carbocycles. The summed E-state index contributed by atoms with van der Waals surface area (Å²) in [6, 6.07) is 2.80. The summed E-state index contributed by atoms with van der Waals surface area (Å²) < 4.78 is 23.4. The number of methoxy groups -OCH3 is 1. The van der Waals surface area contributed by atoms with Crippen molar-refractivity contribution in [3.8, 4) is 23.0 Å². The van der Waals surface area contributed by atoms with Gasteiger partial charge in [-0.15, -0.1) is 0 Å². The Bertz CT molecular complexity index is 2590. The molecular formula is C45H53N5O16. The zero-order valence-electron chi connectivity index (χ0n) is 37.8. The normalized spacial score (nSPS) is 26.2. The molecule has 21 heteroatoms. The number of aliphatic hydroxyl groups is 2. The van der Waals surface area contributed by atoms with Gasteiger partial charge in [0.15, 0.2) is 5.75 Å². The van der Waals surface area contributed by atoms with Gasteiger partial charge in [-0.25, -0.2) is 0 Å². The lowest BCUT2D eigenvalue weighted by atomic mass is 9.78. The first-order chi connectivity index (χ1) is 30.9. The number of non-ortho nitro benzene ring substituents is 1. The number of rotatable bonds is 7. The maximum absolute atomic E-state index is 14.5. The molecule has 0 aliphatic carbocycles. The number of nitro benzene ring substituents is 2. The summed E-state index contributed by atoms with van der Waals surface area (Å²) in [5.41, 5.74) is -2.92. The van der Waals surface area contributed by atoms with Crippen LogP contribution >= 0.6 is 0 Å². The molecule has 3 aliphatic rings. The summed E-state index contributed by atoms with van der Waals surface area (Å²) in [7, 11) is 2.63. The summed E-state index contributed by atoms with van der Waals surface area (Å²) in [4.78, 5) is 62.4. The number of phenolic OH excluding ortho intramolecular Hbond substituents is 3. The lowest BCUT2D eigenvalue weighted by Crippen LogP contribution is -2.46. The number of allylic oxidation sites excluding steroid dienone is 2. The van der Waals surface area contributed by atoms with Crippen LogP contribution in [0.5, 0.6) is 23.0 Å².